The molecule has 1 unspecified atom stereocenters. The van der Waals surface area contributed by atoms with Crippen molar-refractivity contribution in [1.82, 2.24) is 9.47 Å². The number of rotatable bonds is 8. The number of hydrogen-bond acceptors (Lipinski definition) is 4. The van der Waals surface area contributed by atoms with E-state index in [9.17, 15) is 9.59 Å². The van der Waals surface area contributed by atoms with Crippen LogP contribution < -0.4 is 14.4 Å². The minimum atomic E-state index is -0.522. The summed E-state index contributed by atoms with van der Waals surface area (Å²) in [5.74, 6) is 0.888. The Morgan fingerprint density at radius 1 is 0.773 bits per heavy atom. The number of para-hydroxylation sites is 2. The average molecular weight is 586 g/mol. The van der Waals surface area contributed by atoms with Crippen molar-refractivity contribution in [3.8, 4) is 28.3 Å². The normalized spacial score (nSPS) is 13.7. The highest BCUT2D eigenvalue weighted by Gasteiger charge is 2.39. The van der Waals surface area contributed by atoms with E-state index < -0.39 is 6.04 Å². The third kappa shape index (κ3) is 5.22. The zero-order valence-corrected chi connectivity index (χ0v) is 25.3. The molecule has 0 fully saturated rings. The third-order valence-electron chi connectivity index (χ3n) is 8.15. The lowest BCUT2D eigenvalue weighted by Crippen LogP contribution is -2.48. The number of ether oxygens (including phenoxy) is 2. The van der Waals surface area contributed by atoms with Crippen LogP contribution in [0.4, 0.5) is 5.69 Å². The van der Waals surface area contributed by atoms with Gasteiger partial charge in [0.2, 0.25) is 5.91 Å². The van der Waals surface area contributed by atoms with Crippen LogP contribution in [0, 0.1) is 0 Å². The number of carbonyl (C=O) groups is 2. The van der Waals surface area contributed by atoms with E-state index in [1.807, 2.05) is 129 Å². The van der Waals surface area contributed by atoms with E-state index in [1.165, 1.54) is 0 Å². The Balaban J connectivity index is 1.38. The Hall–Kier alpha value is -5.30. The lowest BCUT2D eigenvalue weighted by Gasteiger charge is -2.40. The summed E-state index contributed by atoms with van der Waals surface area (Å²) in [5.41, 5.74) is 5.96. The van der Waals surface area contributed by atoms with Crippen molar-refractivity contribution in [2.24, 2.45) is 0 Å². The molecule has 2 heterocycles. The molecule has 7 nitrogen and oxygen atoms in total. The number of amides is 2. The topological polar surface area (TPSA) is 64.0 Å². The van der Waals surface area contributed by atoms with Crippen LogP contribution in [0.5, 0.6) is 11.5 Å². The molecule has 5 aromatic rings. The third-order valence-corrected chi connectivity index (χ3v) is 8.15. The van der Waals surface area contributed by atoms with Crippen LogP contribution in [-0.2, 0) is 4.79 Å². The largest absolute Gasteiger partial charge is 0.497 e. The molecular formula is C37H35N3O4. The summed E-state index contributed by atoms with van der Waals surface area (Å²) in [6, 6.07) is 34.3. The molecule has 2 amide bonds. The van der Waals surface area contributed by atoms with Gasteiger partial charge in [-0.05, 0) is 79.6 Å². The number of anilines is 1. The highest BCUT2D eigenvalue weighted by atomic mass is 16.5. The van der Waals surface area contributed by atoms with E-state index in [0.29, 0.717) is 17.1 Å². The van der Waals surface area contributed by atoms with Gasteiger partial charge in [-0.15, -0.1) is 0 Å². The van der Waals surface area contributed by atoms with Crippen molar-refractivity contribution < 1.29 is 19.1 Å². The Morgan fingerprint density at radius 3 is 2.14 bits per heavy atom. The van der Waals surface area contributed by atoms with Gasteiger partial charge in [0.25, 0.3) is 5.91 Å². The van der Waals surface area contributed by atoms with Crippen LogP contribution in [0.25, 0.3) is 16.8 Å². The van der Waals surface area contributed by atoms with E-state index in [2.05, 4.69) is 4.57 Å². The second kappa shape index (κ2) is 12.1. The summed E-state index contributed by atoms with van der Waals surface area (Å²) in [5, 5.41) is 0. The van der Waals surface area contributed by atoms with E-state index in [0.717, 1.165) is 33.8 Å². The number of aromatic nitrogens is 1. The molecule has 1 atom stereocenters. The fraction of sp³-hybridized carbons (Fsp3) is 0.189. The Bertz CT molecular complexity index is 1790. The maximum atomic E-state index is 14.6. The van der Waals surface area contributed by atoms with Crippen molar-refractivity contribution in [3.05, 3.63) is 132 Å². The van der Waals surface area contributed by atoms with Gasteiger partial charge in [0, 0.05) is 23.4 Å². The number of fused-ring (bicyclic) bond motifs is 3. The van der Waals surface area contributed by atoms with Gasteiger partial charge in [0.05, 0.1) is 31.3 Å². The Kier molecular flexibility index (Phi) is 7.94. The van der Waals surface area contributed by atoms with Crippen LogP contribution in [0.2, 0.25) is 0 Å². The van der Waals surface area contributed by atoms with Gasteiger partial charge < -0.3 is 18.9 Å². The van der Waals surface area contributed by atoms with Gasteiger partial charge in [-0.3, -0.25) is 14.5 Å². The SMILES string of the molecule is COc1ccc(OC)c(C2c3cccn3-c3ccccc3N2C(=O)CN(C(=O)c2ccc(-c3ccccc3)cc2)C(C)C)c1. The smallest absolute Gasteiger partial charge is 0.254 e. The fourth-order valence-electron chi connectivity index (χ4n) is 5.92. The fourth-order valence-corrected chi connectivity index (χ4v) is 5.92. The number of benzene rings is 4. The van der Waals surface area contributed by atoms with Crippen molar-refractivity contribution in [2.45, 2.75) is 25.9 Å². The first-order chi connectivity index (χ1) is 21.4. The Morgan fingerprint density at radius 2 is 1.45 bits per heavy atom. The molecular weight excluding hydrogens is 550 g/mol. The van der Waals surface area contributed by atoms with Crippen LogP contribution in [0.1, 0.15) is 41.5 Å². The van der Waals surface area contributed by atoms with Crippen LogP contribution >= 0.6 is 0 Å². The maximum absolute atomic E-state index is 14.6. The van der Waals surface area contributed by atoms with Crippen molar-refractivity contribution in [1.29, 1.82) is 0 Å². The molecule has 0 N–H and O–H groups in total. The summed E-state index contributed by atoms with van der Waals surface area (Å²) in [4.78, 5) is 31.9. The minimum Gasteiger partial charge on any atom is -0.497 e. The molecule has 0 bridgehead atoms. The van der Waals surface area contributed by atoms with Gasteiger partial charge in [-0.1, -0.05) is 54.6 Å². The van der Waals surface area contributed by atoms with E-state index in [1.54, 1.807) is 24.0 Å². The summed E-state index contributed by atoms with van der Waals surface area (Å²) in [7, 11) is 3.24. The lowest BCUT2D eigenvalue weighted by molar-refractivity contribution is -0.120. The van der Waals surface area contributed by atoms with Gasteiger partial charge in [-0.25, -0.2) is 0 Å². The first-order valence-corrected chi connectivity index (χ1v) is 14.7. The monoisotopic (exact) mass is 585 g/mol. The van der Waals surface area contributed by atoms with E-state index in [4.69, 9.17) is 9.47 Å². The first kappa shape index (κ1) is 28.8. The zero-order valence-electron chi connectivity index (χ0n) is 25.3. The predicted molar refractivity (Wildman–Crippen MR) is 173 cm³/mol. The second-order valence-electron chi connectivity index (χ2n) is 11.0. The van der Waals surface area contributed by atoms with Crippen LogP contribution in [0.3, 0.4) is 0 Å². The number of hydrogen-bond donors (Lipinski definition) is 0. The molecule has 4 aromatic carbocycles. The molecule has 1 aliphatic rings. The van der Waals surface area contributed by atoms with Gasteiger partial charge in [0.1, 0.15) is 24.1 Å². The lowest BCUT2D eigenvalue weighted by atomic mass is 9.96. The summed E-state index contributed by atoms with van der Waals surface area (Å²) >= 11 is 0. The molecule has 222 valence electrons. The summed E-state index contributed by atoms with van der Waals surface area (Å²) in [6.07, 6.45) is 2.00. The van der Waals surface area contributed by atoms with Gasteiger partial charge in [0.15, 0.2) is 0 Å². The van der Waals surface area contributed by atoms with Gasteiger partial charge in [-0.2, -0.15) is 0 Å². The van der Waals surface area contributed by atoms with Gasteiger partial charge >= 0.3 is 0 Å². The second-order valence-corrected chi connectivity index (χ2v) is 11.0. The quantitative estimate of drug-likeness (QED) is 0.194. The highest BCUT2D eigenvalue weighted by Crippen LogP contribution is 2.45. The zero-order chi connectivity index (χ0) is 30.8. The number of nitrogens with zero attached hydrogens (tertiary/aromatic N) is 3. The van der Waals surface area contributed by atoms with Crippen molar-refractivity contribution in [3.63, 3.8) is 0 Å². The molecule has 0 saturated carbocycles. The first-order valence-electron chi connectivity index (χ1n) is 14.7. The summed E-state index contributed by atoms with van der Waals surface area (Å²) in [6.45, 7) is 3.76. The highest BCUT2D eigenvalue weighted by molar-refractivity contribution is 6.03. The molecule has 1 aliphatic heterocycles. The molecule has 0 saturated heterocycles. The summed E-state index contributed by atoms with van der Waals surface area (Å²) < 4.78 is 13.5. The maximum Gasteiger partial charge on any atom is 0.254 e. The van der Waals surface area contributed by atoms with Crippen molar-refractivity contribution >= 4 is 17.5 Å². The van der Waals surface area contributed by atoms with Crippen LogP contribution in [-0.4, -0.2) is 48.1 Å². The average Bonchev–Trinajstić information content (AvgIpc) is 3.56. The number of methoxy groups -OCH3 is 2. The minimum absolute atomic E-state index is 0.102. The number of carbonyl (C=O) groups excluding carboxylic acids is 2. The molecule has 0 aliphatic carbocycles. The predicted octanol–water partition coefficient (Wildman–Crippen LogP) is 7.15. The molecule has 0 radical (unpaired) electrons. The molecule has 0 spiro atoms. The molecule has 44 heavy (non-hydrogen) atoms. The van der Waals surface area contributed by atoms with Crippen LogP contribution in [0.15, 0.2) is 115 Å². The molecule has 7 heteroatoms. The van der Waals surface area contributed by atoms with E-state index in [-0.39, 0.29) is 24.4 Å². The molecule has 1 aromatic heterocycles. The Labute approximate surface area is 257 Å². The molecule has 6 rings (SSSR count). The van der Waals surface area contributed by atoms with E-state index >= 15 is 0 Å². The standard InChI is InChI=1S/C37H35N3O4/c1-25(2)39(37(42)28-18-16-27(17-19-28)26-11-6-5-7-12-26)24-35(41)40-32-14-9-8-13-31(32)38-22-10-15-33(38)36(40)30-23-29(43-3)20-21-34(30)44-4/h5-23,25,36H,24H2,1-4H3. The van der Waals surface area contributed by atoms with Crippen molar-refractivity contribution in [2.75, 3.05) is 25.7 Å².